The molecule has 2 fully saturated rings. The molecule has 2 aliphatic heterocycles. The van der Waals surface area contributed by atoms with Crippen molar-refractivity contribution in [3.05, 3.63) is 48.5 Å². The van der Waals surface area contributed by atoms with Crippen molar-refractivity contribution in [1.29, 1.82) is 0 Å². The van der Waals surface area contributed by atoms with Crippen molar-refractivity contribution >= 4 is 49.9 Å². The van der Waals surface area contributed by atoms with Crippen LogP contribution in [0.15, 0.2) is 46.9 Å². The molecule has 2 N–H and O–H groups in total. The predicted molar refractivity (Wildman–Crippen MR) is 170 cm³/mol. The van der Waals surface area contributed by atoms with E-state index in [0.717, 1.165) is 38.4 Å². The van der Waals surface area contributed by atoms with E-state index in [1.807, 2.05) is 31.2 Å². The third-order valence-electron chi connectivity index (χ3n) is 7.39. The lowest BCUT2D eigenvalue weighted by molar-refractivity contribution is -0.202. The van der Waals surface area contributed by atoms with Gasteiger partial charge in [0.15, 0.2) is 12.1 Å². The van der Waals surface area contributed by atoms with Crippen LogP contribution in [-0.2, 0) is 34.4 Å². The molecule has 2 aliphatic rings. The van der Waals surface area contributed by atoms with E-state index >= 15 is 0 Å². The molecule has 5 rings (SSSR count). The van der Waals surface area contributed by atoms with E-state index in [1.54, 1.807) is 6.07 Å². The highest BCUT2D eigenvalue weighted by Gasteiger charge is 2.44. The third kappa shape index (κ3) is 8.23. The van der Waals surface area contributed by atoms with Gasteiger partial charge in [0.25, 0.3) is 15.9 Å². The van der Waals surface area contributed by atoms with Gasteiger partial charge in [-0.05, 0) is 68.1 Å². The van der Waals surface area contributed by atoms with Crippen LogP contribution in [0.1, 0.15) is 43.7 Å². The number of aromatic amines is 1. The number of rotatable bonds is 13. The predicted octanol–water partition coefficient (Wildman–Crippen LogP) is 2.57. The molecule has 0 spiro atoms. The summed E-state index contributed by atoms with van der Waals surface area (Å²) >= 11 is 5.48. The number of hydrogen-bond acceptors (Lipinski definition) is 12. The minimum absolute atomic E-state index is 0.0291. The summed E-state index contributed by atoms with van der Waals surface area (Å²) in [7, 11) is -8.10. The molecule has 45 heavy (non-hydrogen) atoms. The summed E-state index contributed by atoms with van der Waals surface area (Å²) < 4.78 is 67.9. The van der Waals surface area contributed by atoms with Gasteiger partial charge >= 0.3 is 0 Å². The topological polar surface area (TPSA) is 173 Å². The number of carbonyl (C=O) groups is 1. The minimum atomic E-state index is -4.20. The maximum absolute atomic E-state index is 14.0. The number of aromatic nitrogens is 3. The van der Waals surface area contributed by atoms with Gasteiger partial charge in [-0.2, -0.15) is 26.3 Å². The van der Waals surface area contributed by atoms with Gasteiger partial charge in [-0.3, -0.25) is 9.89 Å². The molecule has 0 saturated carbocycles. The lowest BCUT2D eigenvalue weighted by Gasteiger charge is -2.38. The number of benzene rings is 1. The maximum Gasteiger partial charge on any atom is 0.263 e. The molecule has 14 nitrogen and oxygen atoms in total. The first-order valence-corrected chi connectivity index (χ1v) is 18.9. The normalized spacial score (nSPS) is 20.9. The Balaban J connectivity index is 1.34. The minimum Gasteiger partial charge on any atom is -0.494 e. The molecular weight excluding hydrogens is 665 g/mol. The van der Waals surface area contributed by atoms with Crippen molar-refractivity contribution in [2.75, 3.05) is 38.6 Å². The van der Waals surface area contributed by atoms with Gasteiger partial charge in [-0.1, -0.05) is 0 Å². The average Bonchev–Trinajstić information content (AvgIpc) is 3.77. The van der Waals surface area contributed by atoms with Gasteiger partial charge < -0.3 is 9.47 Å². The smallest absolute Gasteiger partial charge is 0.263 e. The highest BCUT2D eigenvalue weighted by Crippen LogP contribution is 2.35. The van der Waals surface area contributed by atoms with Gasteiger partial charge in [0.2, 0.25) is 10.0 Å². The zero-order chi connectivity index (χ0) is 32.0. The van der Waals surface area contributed by atoms with Crippen LogP contribution in [0, 0.1) is 0 Å². The van der Waals surface area contributed by atoms with Crippen LogP contribution >= 0.6 is 24.0 Å². The van der Waals surface area contributed by atoms with Gasteiger partial charge in [0, 0.05) is 37.5 Å². The van der Waals surface area contributed by atoms with Crippen molar-refractivity contribution in [3.8, 4) is 16.2 Å². The molecule has 246 valence electrons. The van der Waals surface area contributed by atoms with E-state index in [4.69, 9.17) is 14.3 Å². The molecule has 0 radical (unpaired) electrons. The molecule has 1 amide bonds. The van der Waals surface area contributed by atoms with Crippen LogP contribution in [0.3, 0.4) is 0 Å². The SMILES string of the molecule is CCOc1ccc(-c2ccc(S(=O)(=O)N3CCN(S(=O)(=O)CCC(S)c4nc[nH]n4)C[C@@H]3C(=O)NOC3CCCCO3)s2)cc1. The average molecular weight is 701 g/mol. The fraction of sp³-hybridized carbons (Fsp3) is 0.519. The molecule has 0 aliphatic carbocycles. The fourth-order valence-electron chi connectivity index (χ4n) is 5.00. The number of nitrogens with zero attached hydrogens (tertiary/aromatic N) is 4. The van der Waals surface area contributed by atoms with Crippen molar-refractivity contribution < 1.29 is 35.9 Å². The molecule has 3 aromatic rings. The van der Waals surface area contributed by atoms with Gasteiger partial charge in [-0.15, -0.1) is 11.3 Å². The van der Waals surface area contributed by atoms with Crippen LogP contribution in [-0.4, -0.2) is 97.5 Å². The number of hydrogen-bond donors (Lipinski definition) is 3. The van der Waals surface area contributed by atoms with Crippen molar-refractivity contribution in [2.45, 2.75) is 54.4 Å². The van der Waals surface area contributed by atoms with E-state index in [9.17, 15) is 21.6 Å². The fourth-order valence-corrected chi connectivity index (χ4v) is 9.96. The lowest BCUT2D eigenvalue weighted by atomic mass is 10.2. The summed E-state index contributed by atoms with van der Waals surface area (Å²) in [5.74, 6) is -0.0107. The van der Waals surface area contributed by atoms with E-state index in [0.29, 0.717) is 36.1 Å². The van der Waals surface area contributed by atoms with E-state index in [1.165, 1.54) is 12.4 Å². The van der Waals surface area contributed by atoms with E-state index < -0.39 is 50.1 Å². The largest absolute Gasteiger partial charge is 0.494 e. The summed E-state index contributed by atoms with van der Waals surface area (Å²) in [5.41, 5.74) is 3.14. The van der Waals surface area contributed by atoms with Crippen LogP contribution in [0.2, 0.25) is 0 Å². The summed E-state index contributed by atoms with van der Waals surface area (Å²) in [6.07, 6.45) is 3.11. The summed E-state index contributed by atoms with van der Waals surface area (Å²) in [5, 5.41) is 5.99. The first-order chi connectivity index (χ1) is 21.6. The van der Waals surface area contributed by atoms with Crippen molar-refractivity contribution in [2.24, 2.45) is 0 Å². The number of amides is 1. The number of ether oxygens (including phenoxy) is 2. The Kier molecular flexibility index (Phi) is 11.2. The second-order valence-corrected chi connectivity index (χ2v) is 16.3. The Labute approximate surface area is 271 Å². The lowest BCUT2D eigenvalue weighted by Crippen LogP contribution is -2.61. The Morgan fingerprint density at radius 2 is 1.98 bits per heavy atom. The summed E-state index contributed by atoms with van der Waals surface area (Å²) in [6.45, 7) is 2.14. The highest BCUT2D eigenvalue weighted by molar-refractivity contribution is 7.91. The molecule has 3 atom stereocenters. The number of carbonyl (C=O) groups excluding carboxylic acids is 1. The molecule has 2 unspecified atom stereocenters. The monoisotopic (exact) mass is 700 g/mol. The maximum atomic E-state index is 14.0. The van der Waals surface area contributed by atoms with Gasteiger partial charge in [-0.25, -0.2) is 32.1 Å². The Morgan fingerprint density at radius 1 is 1.18 bits per heavy atom. The molecular formula is C27H36N6O8S4. The second-order valence-electron chi connectivity index (χ2n) is 10.4. The Bertz CT molecular complexity index is 1630. The molecule has 2 aromatic heterocycles. The van der Waals surface area contributed by atoms with Crippen LogP contribution in [0.5, 0.6) is 5.75 Å². The van der Waals surface area contributed by atoms with Gasteiger partial charge in [0.1, 0.15) is 22.3 Å². The Hall–Kier alpha value is -2.58. The highest BCUT2D eigenvalue weighted by atomic mass is 32.2. The van der Waals surface area contributed by atoms with Crippen LogP contribution in [0.4, 0.5) is 0 Å². The number of piperazine rings is 1. The number of H-pyrrole nitrogens is 1. The number of thiophene rings is 1. The number of sulfonamides is 2. The summed E-state index contributed by atoms with van der Waals surface area (Å²) in [6, 6.07) is 9.11. The zero-order valence-corrected chi connectivity index (χ0v) is 27.9. The second kappa shape index (κ2) is 14.9. The summed E-state index contributed by atoms with van der Waals surface area (Å²) in [4.78, 5) is 23.7. The number of thiol groups is 1. The van der Waals surface area contributed by atoms with Crippen LogP contribution in [0.25, 0.3) is 10.4 Å². The van der Waals surface area contributed by atoms with Gasteiger partial charge in [0.05, 0.1) is 17.6 Å². The molecule has 2 saturated heterocycles. The molecule has 18 heteroatoms. The molecule has 4 heterocycles. The number of hydroxylamine groups is 1. The quantitative estimate of drug-likeness (QED) is 0.178. The van der Waals surface area contributed by atoms with E-state index in [2.05, 4.69) is 33.3 Å². The van der Waals surface area contributed by atoms with Crippen LogP contribution < -0.4 is 10.2 Å². The van der Waals surface area contributed by atoms with Crippen molar-refractivity contribution in [3.63, 3.8) is 0 Å². The zero-order valence-electron chi connectivity index (χ0n) is 24.6. The van der Waals surface area contributed by atoms with Crippen molar-refractivity contribution in [1.82, 2.24) is 29.3 Å². The molecule has 0 bridgehead atoms. The Morgan fingerprint density at radius 3 is 2.67 bits per heavy atom. The number of nitrogens with one attached hydrogen (secondary N) is 2. The first-order valence-electron chi connectivity index (χ1n) is 14.5. The van der Waals surface area contributed by atoms with E-state index in [-0.39, 0.29) is 29.5 Å². The standard InChI is InChI=1S/C27H36N6O8S4/c1-2-39-20-8-6-19(7-9-20)23-10-11-25(43-23)45(37,38)33-14-13-32(44(35,36)16-12-22(42)26-28-18-29-30-26)17-21(33)27(34)31-41-24-5-3-4-15-40-24/h6-11,18,21-22,24,42H,2-5,12-17H2,1H3,(H,31,34)(H,28,29,30)/t21-,22?,24?/m1/s1. The third-order valence-corrected chi connectivity index (χ3v) is 13.3. The first kappa shape index (κ1) is 33.8. The molecule has 1 aromatic carbocycles.